The van der Waals surface area contributed by atoms with Crippen LogP contribution in [0.5, 0.6) is 5.75 Å². The van der Waals surface area contributed by atoms with E-state index in [-0.39, 0.29) is 5.56 Å². The predicted octanol–water partition coefficient (Wildman–Crippen LogP) is 2.59. The monoisotopic (exact) mass is 271 g/mol. The third kappa shape index (κ3) is 1.95. The molecule has 0 amide bonds. The van der Waals surface area contributed by atoms with Gasteiger partial charge in [0, 0.05) is 22.8 Å². The molecule has 0 saturated heterocycles. The molecule has 3 nitrogen and oxygen atoms in total. The second-order valence-corrected chi connectivity index (χ2v) is 5.09. The first kappa shape index (κ1) is 10.7. The Balaban J connectivity index is 2.38. The Bertz CT molecular complexity index is 421. The molecular weight excluding hydrogens is 258 g/mol. The van der Waals surface area contributed by atoms with Crippen molar-refractivity contribution < 1.29 is 4.74 Å². The van der Waals surface area contributed by atoms with E-state index < -0.39 is 0 Å². The number of methoxy groups -OCH3 is 1. The summed E-state index contributed by atoms with van der Waals surface area (Å²) in [6.45, 7) is 2.21. The minimum atomic E-state index is -0.0300. The second-order valence-electron chi connectivity index (χ2n) is 4.17. The molecule has 2 rings (SSSR count). The molecule has 1 saturated carbocycles. The molecule has 0 spiro atoms. The van der Waals surface area contributed by atoms with Gasteiger partial charge < -0.3 is 9.30 Å². The maximum Gasteiger partial charge on any atom is 0.293 e. The van der Waals surface area contributed by atoms with Gasteiger partial charge in [-0.3, -0.25) is 4.79 Å². The van der Waals surface area contributed by atoms with Crippen LogP contribution < -0.4 is 10.3 Å². The number of hydrogen-bond acceptors (Lipinski definition) is 2. The van der Waals surface area contributed by atoms with Crippen LogP contribution in [0.1, 0.15) is 25.8 Å². The standard InChI is InChI=1S/C11H14BrNO2/c1-7-3-9(4-7)13-6-8(12)5-10(15-2)11(13)14/h5-7,9H,3-4H2,1-2H3. The molecule has 0 aromatic carbocycles. The molecule has 1 heterocycles. The number of nitrogens with zero attached hydrogens (tertiary/aromatic N) is 1. The van der Waals surface area contributed by atoms with Crippen molar-refractivity contribution in [1.82, 2.24) is 4.57 Å². The summed E-state index contributed by atoms with van der Waals surface area (Å²) in [4.78, 5) is 11.9. The fourth-order valence-corrected chi connectivity index (χ4v) is 2.48. The molecule has 4 heteroatoms. The van der Waals surface area contributed by atoms with Gasteiger partial charge in [-0.2, -0.15) is 0 Å². The van der Waals surface area contributed by atoms with E-state index in [0.29, 0.717) is 11.8 Å². The summed E-state index contributed by atoms with van der Waals surface area (Å²) in [5.74, 6) is 1.14. The summed E-state index contributed by atoms with van der Waals surface area (Å²) in [6.07, 6.45) is 4.01. The van der Waals surface area contributed by atoms with E-state index in [0.717, 1.165) is 23.2 Å². The molecule has 0 radical (unpaired) electrons. The zero-order chi connectivity index (χ0) is 11.0. The molecular formula is C11H14BrNO2. The molecule has 1 aromatic heterocycles. The van der Waals surface area contributed by atoms with E-state index in [1.165, 1.54) is 7.11 Å². The van der Waals surface area contributed by atoms with E-state index in [1.807, 2.05) is 6.20 Å². The van der Waals surface area contributed by atoms with Gasteiger partial charge in [0.2, 0.25) is 0 Å². The molecule has 82 valence electrons. The zero-order valence-corrected chi connectivity index (χ0v) is 10.5. The van der Waals surface area contributed by atoms with Crippen molar-refractivity contribution >= 4 is 15.9 Å². The van der Waals surface area contributed by atoms with E-state index >= 15 is 0 Å². The topological polar surface area (TPSA) is 31.2 Å². The van der Waals surface area contributed by atoms with Crippen LogP contribution in [0.3, 0.4) is 0 Å². The number of rotatable bonds is 2. The van der Waals surface area contributed by atoms with Crippen LogP contribution >= 0.6 is 15.9 Å². The van der Waals surface area contributed by atoms with Gasteiger partial charge in [-0.05, 0) is 34.7 Å². The largest absolute Gasteiger partial charge is 0.491 e. The molecule has 0 aliphatic heterocycles. The fraction of sp³-hybridized carbons (Fsp3) is 0.545. The highest BCUT2D eigenvalue weighted by Crippen LogP contribution is 2.36. The first-order valence-electron chi connectivity index (χ1n) is 5.07. The lowest BCUT2D eigenvalue weighted by molar-refractivity contribution is 0.209. The van der Waals surface area contributed by atoms with Crippen LogP contribution in [-0.4, -0.2) is 11.7 Å². The molecule has 0 atom stereocenters. The maximum atomic E-state index is 11.9. The van der Waals surface area contributed by atoms with E-state index in [4.69, 9.17) is 4.74 Å². The first-order chi connectivity index (χ1) is 7.11. The number of halogens is 1. The van der Waals surface area contributed by atoms with Crippen molar-refractivity contribution in [1.29, 1.82) is 0 Å². The predicted molar refractivity (Wildman–Crippen MR) is 62.4 cm³/mol. The van der Waals surface area contributed by atoms with E-state index in [2.05, 4.69) is 22.9 Å². The van der Waals surface area contributed by atoms with Gasteiger partial charge in [0.15, 0.2) is 5.75 Å². The van der Waals surface area contributed by atoms with Gasteiger partial charge in [-0.25, -0.2) is 0 Å². The Morgan fingerprint density at radius 2 is 2.20 bits per heavy atom. The lowest BCUT2D eigenvalue weighted by Gasteiger charge is -2.34. The average Bonchev–Trinajstić information content (AvgIpc) is 2.16. The number of pyridine rings is 1. The lowest BCUT2D eigenvalue weighted by Crippen LogP contribution is -2.32. The second kappa shape index (κ2) is 4.00. The molecule has 1 aromatic rings. The Kier molecular flexibility index (Phi) is 2.87. The minimum Gasteiger partial charge on any atom is -0.491 e. The number of hydrogen-bond donors (Lipinski definition) is 0. The molecule has 15 heavy (non-hydrogen) atoms. The lowest BCUT2D eigenvalue weighted by atomic mass is 9.81. The van der Waals surface area contributed by atoms with Gasteiger partial charge in [-0.1, -0.05) is 6.92 Å². The summed E-state index contributed by atoms with van der Waals surface area (Å²) in [5.41, 5.74) is -0.0300. The van der Waals surface area contributed by atoms with Crippen molar-refractivity contribution in [2.24, 2.45) is 5.92 Å². The van der Waals surface area contributed by atoms with Crippen LogP contribution in [0.15, 0.2) is 21.5 Å². The van der Waals surface area contributed by atoms with Crippen molar-refractivity contribution in [3.8, 4) is 5.75 Å². The third-order valence-corrected chi connectivity index (χ3v) is 3.37. The van der Waals surface area contributed by atoms with Crippen molar-refractivity contribution in [2.75, 3.05) is 7.11 Å². The summed E-state index contributed by atoms with van der Waals surface area (Å²) in [5, 5.41) is 0. The third-order valence-electron chi connectivity index (χ3n) is 2.94. The number of aromatic nitrogens is 1. The Morgan fingerprint density at radius 1 is 1.53 bits per heavy atom. The van der Waals surface area contributed by atoms with Crippen LogP contribution in [-0.2, 0) is 0 Å². The van der Waals surface area contributed by atoms with Gasteiger partial charge >= 0.3 is 0 Å². The first-order valence-corrected chi connectivity index (χ1v) is 5.86. The van der Waals surface area contributed by atoms with Crippen LogP contribution in [0.2, 0.25) is 0 Å². The SMILES string of the molecule is COc1cc(Br)cn(C2CC(C)C2)c1=O. The van der Waals surface area contributed by atoms with Crippen LogP contribution in [0.4, 0.5) is 0 Å². The molecule has 0 unspecified atom stereocenters. The molecule has 1 aliphatic rings. The van der Waals surface area contributed by atoms with Crippen LogP contribution in [0, 0.1) is 5.92 Å². The van der Waals surface area contributed by atoms with E-state index in [1.54, 1.807) is 10.6 Å². The Labute approximate surface area is 97.2 Å². The minimum absolute atomic E-state index is 0.0300. The molecule has 0 bridgehead atoms. The van der Waals surface area contributed by atoms with E-state index in [9.17, 15) is 4.79 Å². The van der Waals surface area contributed by atoms with Gasteiger partial charge in [0.05, 0.1) is 7.11 Å². The zero-order valence-electron chi connectivity index (χ0n) is 8.87. The van der Waals surface area contributed by atoms with Gasteiger partial charge in [0.25, 0.3) is 5.56 Å². The number of ether oxygens (including phenoxy) is 1. The highest BCUT2D eigenvalue weighted by atomic mass is 79.9. The Morgan fingerprint density at radius 3 is 2.73 bits per heavy atom. The quantitative estimate of drug-likeness (QED) is 0.828. The summed E-state index contributed by atoms with van der Waals surface area (Å²) in [7, 11) is 1.52. The van der Waals surface area contributed by atoms with Gasteiger partial charge in [0.1, 0.15) is 0 Å². The van der Waals surface area contributed by atoms with Crippen molar-refractivity contribution in [3.05, 3.63) is 27.1 Å². The summed E-state index contributed by atoms with van der Waals surface area (Å²) < 4.78 is 7.72. The van der Waals surface area contributed by atoms with Crippen molar-refractivity contribution in [2.45, 2.75) is 25.8 Å². The highest BCUT2D eigenvalue weighted by molar-refractivity contribution is 9.10. The van der Waals surface area contributed by atoms with Gasteiger partial charge in [-0.15, -0.1) is 0 Å². The molecule has 0 N–H and O–H groups in total. The Hall–Kier alpha value is -0.770. The highest BCUT2D eigenvalue weighted by Gasteiger charge is 2.28. The molecule has 1 aliphatic carbocycles. The van der Waals surface area contributed by atoms with Crippen LogP contribution in [0.25, 0.3) is 0 Å². The smallest absolute Gasteiger partial charge is 0.293 e. The maximum absolute atomic E-state index is 11.9. The normalized spacial score (nSPS) is 24.7. The summed E-state index contributed by atoms with van der Waals surface area (Å²) >= 11 is 3.38. The summed E-state index contributed by atoms with van der Waals surface area (Å²) in [6, 6.07) is 2.06. The molecule has 1 fully saturated rings. The van der Waals surface area contributed by atoms with Crippen molar-refractivity contribution in [3.63, 3.8) is 0 Å². The average molecular weight is 272 g/mol. The fourth-order valence-electron chi connectivity index (χ4n) is 2.05.